The molecule has 0 bridgehead atoms. The lowest BCUT2D eigenvalue weighted by Gasteiger charge is -2.31. The number of carbonyl (C=O) groups excluding carboxylic acids is 2. The number of piperidine rings is 1. The van der Waals surface area contributed by atoms with Crippen LogP contribution in [0.5, 0.6) is 0 Å². The molecular weight excluding hydrogens is 319 g/mol. The highest BCUT2D eigenvalue weighted by Gasteiger charge is 2.27. The number of benzene rings is 2. The second-order valence-corrected chi connectivity index (χ2v) is 6.39. The third-order valence-corrected chi connectivity index (χ3v) is 4.57. The number of anilines is 1. The highest BCUT2D eigenvalue weighted by molar-refractivity contribution is 6.39. The van der Waals surface area contributed by atoms with Crippen molar-refractivity contribution in [3.8, 4) is 0 Å². The first-order valence-corrected chi connectivity index (χ1v) is 8.51. The fourth-order valence-corrected chi connectivity index (χ4v) is 3.15. The van der Waals surface area contributed by atoms with E-state index in [0.29, 0.717) is 24.7 Å². The largest absolute Gasteiger partial charge is 0.334 e. The second kappa shape index (κ2) is 7.92. The van der Waals surface area contributed by atoms with E-state index in [9.17, 15) is 14.0 Å². The van der Waals surface area contributed by atoms with Gasteiger partial charge in [-0.15, -0.1) is 0 Å². The van der Waals surface area contributed by atoms with Crippen LogP contribution in [0.1, 0.15) is 18.4 Å². The maximum Gasteiger partial charge on any atom is 0.313 e. The van der Waals surface area contributed by atoms with Crippen molar-refractivity contribution < 1.29 is 14.0 Å². The molecule has 1 N–H and O–H groups in total. The van der Waals surface area contributed by atoms with Crippen LogP contribution in [0.3, 0.4) is 0 Å². The predicted octanol–water partition coefficient (Wildman–Crippen LogP) is 3.25. The number of halogens is 1. The standard InChI is InChI=1S/C20H21FN2O2/c21-17-6-8-18(9-7-17)22-19(24)20(25)23-12-10-16(11-13-23)14-15-4-2-1-3-5-15/h1-9,16H,10-14H2,(H,22,24). The smallest absolute Gasteiger partial charge is 0.313 e. The monoisotopic (exact) mass is 340 g/mol. The number of rotatable bonds is 3. The Hall–Kier alpha value is -2.69. The molecule has 0 saturated carbocycles. The average molecular weight is 340 g/mol. The van der Waals surface area contributed by atoms with Crippen LogP contribution in [0.4, 0.5) is 10.1 Å². The van der Waals surface area contributed by atoms with Gasteiger partial charge in [-0.25, -0.2) is 4.39 Å². The van der Waals surface area contributed by atoms with Crippen molar-refractivity contribution in [1.82, 2.24) is 4.90 Å². The van der Waals surface area contributed by atoms with Crippen LogP contribution < -0.4 is 5.32 Å². The number of hydrogen-bond acceptors (Lipinski definition) is 2. The van der Waals surface area contributed by atoms with Crippen molar-refractivity contribution in [3.63, 3.8) is 0 Å². The third kappa shape index (κ3) is 4.66. The van der Waals surface area contributed by atoms with Crippen molar-refractivity contribution in [2.75, 3.05) is 18.4 Å². The number of hydrogen-bond donors (Lipinski definition) is 1. The van der Waals surface area contributed by atoms with Crippen molar-refractivity contribution in [1.29, 1.82) is 0 Å². The number of likely N-dealkylation sites (tertiary alicyclic amines) is 1. The van der Waals surface area contributed by atoms with Crippen LogP contribution in [0.2, 0.25) is 0 Å². The predicted molar refractivity (Wildman–Crippen MR) is 94.5 cm³/mol. The molecule has 0 aromatic heterocycles. The molecule has 1 aliphatic rings. The zero-order valence-corrected chi connectivity index (χ0v) is 14.0. The molecule has 1 aliphatic heterocycles. The van der Waals surface area contributed by atoms with Gasteiger partial charge >= 0.3 is 11.8 Å². The Morgan fingerprint density at radius 3 is 2.28 bits per heavy atom. The van der Waals surface area contributed by atoms with E-state index in [-0.39, 0.29) is 5.82 Å². The SMILES string of the molecule is O=C(Nc1ccc(F)cc1)C(=O)N1CCC(Cc2ccccc2)CC1. The Balaban J connectivity index is 1.49. The lowest BCUT2D eigenvalue weighted by Crippen LogP contribution is -2.44. The van der Waals surface area contributed by atoms with Gasteiger partial charge in [-0.2, -0.15) is 0 Å². The van der Waals surface area contributed by atoms with E-state index in [1.165, 1.54) is 29.8 Å². The Bertz CT molecular complexity index is 723. The maximum absolute atomic E-state index is 12.9. The first kappa shape index (κ1) is 17.1. The number of nitrogens with zero attached hydrogens (tertiary/aromatic N) is 1. The maximum atomic E-state index is 12.9. The topological polar surface area (TPSA) is 49.4 Å². The Labute approximate surface area is 146 Å². The van der Waals surface area contributed by atoms with Crippen LogP contribution in [0, 0.1) is 11.7 Å². The fraction of sp³-hybridized carbons (Fsp3) is 0.300. The average Bonchev–Trinajstić information content (AvgIpc) is 2.64. The molecule has 3 rings (SSSR count). The molecular formula is C20H21FN2O2. The second-order valence-electron chi connectivity index (χ2n) is 6.39. The molecule has 2 aromatic carbocycles. The summed E-state index contributed by atoms with van der Waals surface area (Å²) in [6, 6.07) is 15.7. The molecule has 0 spiro atoms. The van der Waals surface area contributed by atoms with Crippen molar-refractivity contribution in [3.05, 3.63) is 66.0 Å². The quantitative estimate of drug-likeness (QED) is 0.872. The van der Waals surface area contributed by atoms with E-state index in [4.69, 9.17) is 0 Å². The number of nitrogens with one attached hydrogen (secondary N) is 1. The minimum Gasteiger partial charge on any atom is -0.334 e. The van der Waals surface area contributed by atoms with Crippen LogP contribution >= 0.6 is 0 Å². The molecule has 1 heterocycles. The summed E-state index contributed by atoms with van der Waals surface area (Å²) in [7, 11) is 0. The molecule has 130 valence electrons. The van der Waals surface area contributed by atoms with Gasteiger partial charge in [-0.3, -0.25) is 9.59 Å². The lowest BCUT2D eigenvalue weighted by atomic mass is 9.90. The van der Waals surface area contributed by atoms with E-state index in [0.717, 1.165) is 19.3 Å². The molecule has 1 fully saturated rings. The number of amides is 2. The lowest BCUT2D eigenvalue weighted by molar-refractivity contribution is -0.144. The van der Waals surface area contributed by atoms with Gasteiger partial charge in [0, 0.05) is 18.8 Å². The fourth-order valence-electron chi connectivity index (χ4n) is 3.15. The Morgan fingerprint density at radius 1 is 1.00 bits per heavy atom. The van der Waals surface area contributed by atoms with Crippen LogP contribution in [-0.2, 0) is 16.0 Å². The zero-order valence-electron chi connectivity index (χ0n) is 14.0. The molecule has 0 radical (unpaired) electrons. The molecule has 25 heavy (non-hydrogen) atoms. The van der Waals surface area contributed by atoms with E-state index in [1.807, 2.05) is 18.2 Å². The Morgan fingerprint density at radius 2 is 1.64 bits per heavy atom. The van der Waals surface area contributed by atoms with Gasteiger partial charge in [0.05, 0.1) is 0 Å². The van der Waals surface area contributed by atoms with E-state index in [1.54, 1.807) is 4.90 Å². The van der Waals surface area contributed by atoms with Gasteiger partial charge in [0.25, 0.3) is 0 Å². The summed E-state index contributed by atoms with van der Waals surface area (Å²) in [5.41, 5.74) is 1.72. The summed E-state index contributed by atoms with van der Waals surface area (Å²) in [6.45, 7) is 1.18. The summed E-state index contributed by atoms with van der Waals surface area (Å²) < 4.78 is 12.9. The Kier molecular flexibility index (Phi) is 5.43. The first-order valence-electron chi connectivity index (χ1n) is 8.51. The van der Waals surface area contributed by atoms with Crippen LogP contribution in [-0.4, -0.2) is 29.8 Å². The van der Waals surface area contributed by atoms with Crippen LogP contribution in [0.15, 0.2) is 54.6 Å². The number of carbonyl (C=O) groups is 2. The van der Waals surface area contributed by atoms with Crippen molar-refractivity contribution in [2.45, 2.75) is 19.3 Å². The van der Waals surface area contributed by atoms with E-state index < -0.39 is 11.8 Å². The minimum atomic E-state index is -0.673. The summed E-state index contributed by atoms with van der Waals surface area (Å²) in [4.78, 5) is 25.9. The molecule has 4 nitrogen and oxygen atoms in total. The van der Waals surface area contributed by atoms with Crippen molar-refractivity contribution in [2.24, 2.45) is 5.92 Å². The van der Waals surface area contributed by atoms with Gasteiger partial charge < -0.3 is 10.2 Å². The van der Waals surface area contributed by atoms with Crippen molar-refractivity contribution >= 4 is 17.5 Å². The van der Waals surface area contributed by atoms with Gasteiger partial charge in [0.1, 0.15) is 5.82 Å². The molecule has 0 unspecified atom stereocenters. The molecule has 2 amide bonds. The molecule has 2 aromatic rings. The molecule has 1 saturated heterocycles. The minimum absolute atomic E-state index is 0.384. The highest BCUT2D eigenvalue weighted by atomic mass is 19.1. The zero-order chi connectivity index (χ0) is 17.6. The van der Waals surface area contributed by atoms with Gasteiger partial charge in [-0.05, 0) is 55.0 Å². The highest BCUT2D eigenvalue weighted by Crippen LogP contribution is 2.22. The van der Waals surface area contributed by atoms with Gasteiger partial charge in [0.15, 0.2) is 0 Å². The van der Waals surface area contributed by atoms with Gasteiger partial charge in [-0.1, -0.05) is 30.3 Å². The normalized spacial score (nSPS) is 15.0. The van der Waals surface area contributed by atoms with Gasteiger partial charge in [0.2, 0.25) is 0 Å². The first-order chi connectivity index (χ1) is 12.1. The summed E-state index contributed by atoms with van der Waals surface area (Å²) >= 11 is 0. The van der Waals surface area contributed by atoms with Crippen LogP contribution in [0.25, 0.3) is 0 Å². The third-order valence-electron chi connectivity index (χ3n) is 4.57. The van der Waals surface area contributed by atoms with E-state index >= 15 is 0 Å². The summed E-state index contributed by atoms with van der Waals surface area (Å²) in [5.74, 6) is -1.05. The summed E-state index contributed by atoms with van der Waals surface area (Å²) in [5, 5.41) is 2.52. The summed E-state index contributed by atoms with van der Waals surface area (Å²) in [6.07, 6.45) is 2.79. The van der Waals surface area contributed by atoms with E-state index in [2.05, 4.69) is 17.4 Å². The molecule has 0 aliphatic carbocycles. The molecule has 5 heteroatoms. The molecule has 0 atom stereocenters.